The maximum atomic E-state index is 10.5. The lowest BCUT2D eigenvalue weighted by atomic mass is 10.2. The molecule has 0 aromatic heterocycles. The zero-order valence-corrected chi connectivity index (χ0v) is 9.05. The SMILES string of the molecule is F.FF.FF.FF.[N-]=[N+]=Nc1cc(O)cc(C(=O)O)c1. The number of hydrogen-bond acceptors (Lipinski definition) is 3. The summed E-state index contributed by atoms with van der Waals surface area (Å²) >= 11 is 0. The summed E-state index contributed by atoms with van der Waals surface area (Å²) < 4.78 is 48.0. The summed E-state index contributed by atoms with van der Waals surface area (Å²) in [5.41, 5.74) is 8.02. The van der Waals surface area contributed by atoms with Crippen molar-refractivity contribution >= 4 is 11.7 Å². The van der Waals surface area contributed by atoms with E-state index in [2.05, 4.69) is 10.0 Å². The third-order valence-electron chi connectivity index (χ3n) is 1.31. The third-order valence-corrected chi connectivity index (χ3v) is 1.31. The van der Waals surface area contributed by atoms with Crippen LogP contribution < -0.4 is 0 Å². The molecule has 0 aliphatic rings. The average molecular weight is 313 g/mol. The van der Waals surface area contributed by atoms with Crippen LogP contribution in [0.1, 0.15) is 10.4 Å². The van der Waals surface area contributed by atoms with E-state index in [1.54, 1.807) is 0 Å². The lowest BCUT2D eigenvalue weighted by molar-refractivity contribution is 0.0696. The lowest BCUT2D eigenvalue weighted by Crippen LogP contribution is -1.94. The average Bonchev–Trinajstić information content (AvgIpc) is 2.45. The summed E-state index contributed by atoms with van der Waals surface area (Å²) in [4.78, 5) is 12.9. The Balaban J connectivity index is -0.000000162. The highest BCUT2D eigenvalue weighted by atomic mass is 20.0. The molecule has 0 atom stereocenters. The molecule has 0 aliphatic heterocycles. The van der Waals surface area contributed by atoms with Gasteiger partial charge in [0.15, 0.2) is 0 Å². The molecule has 2 N–H and O–H groups in total. The Hall–Kier alpha value is -2.69. The van der Waals surface area contributed by atoms with E-state index in [-0.39, 0.29) is 21.7 Å². The zero-order chi connectivity index (χ0) is 15.8. The van der Waals surface area contributed by atoms with Crippen molar-refractivity contribution in [3.05, 3.63) is 34.2 Å². The van der Waals surface area contributed by atoms with Gasteiger partial charge >= 0.3 is 5.97 Å². The van der Waals surface area contributed by atoms with Gasteiger partial charge in [0, 0.05) is 38.0 Å². The number of halogens is 7. The molecule has 0 amide bonds. The second-order valence-electron chi connectivity index (χ2n) is 2.23. The van der Waals surface area contributed by atoms with E-state index >= 15 is 0 Å². The molecular formula is C7H6F7N3O3. The highest BCUT2D eigenvalue weighted by Gasteiger charge is 2.05. The molecule has 0 aliphatic carbocycles. The van der Waals surface area contributed by atoms with E-state index in [1.165, 1.54) is 12.1 Å². The number of aromatic hydroxyl groups is 1. The maximum absolute atomic E-state index is 10.5. The van der Waals surface area contributed by atoms with Crippen LogP contribution in [-0.2, 0) is 0 Å². The van der Waals surface area contributed by atoms with Crippen LogP contribution in [0.5, 0.6) is 5.75 Å². The van der Waals surface area contributed by atoms with Crippen LogP contribution in [-0.4, -0.2) is 16.2 Å². The van der Waals surface area contributed by atoms with Gasteiger partial charge in [0.05, 0.1) is 5.56 Å². The quantitative estimate of drug-likeness (QED) is 0.357. The number of azide groups is 1. The first-order valence-corrected chi connectivity index (χ1v) is 3.69. The number of phenolic OH excluding ortho intramolecular Hbond substituents is 1. The van der Waals surface area contributed by atoms with Crippen LogP contribution in [0.15, 0.2) is 23.3 Å². The van der Waals surface area contributed by atoms with Crippen molar-refractivity contribution in [1.82, 2.24) is 0 Å². The number of carboxylic acid groups (broad SMARTS) is 1. The molecule has 6 nitrogen and oxygen atoms in total. The molecule has 0 saturated carbocycles. The molecule has 0 spiro atoms. The van der Waals surface area contributed by atoms with Gasteiger partial charge in [0.1, 0.15) is 5.75 Å². The van der Waals surface area contributed by atoms with Gasteiger partial charge in [-0.05, 0) is 23.7 Å². The van der Waals surface area contributed by atoms with Crippen molar-refractivity contribution in [2.24, 2.45) is 5.11 Å². The van der Waals surface area contributed by atoms with E-state index in [0.717, 1.165) is 6.07 Å². The summed E-state index contributed by atoms with van der Waals surface area (Å²) in [5, 5.41) is 20.7. The summed E-state index contributed by atoms with van der Waals surface area (Å²) in [7, 11) is 0. The summed E-state index contributed by atoms with van der Waals surface area (Å²) in [5.74, 6) is -1.44. The summed E-state index contributed by atoms with van der Waals surface area (Å²) in [6.07, 6.45) is 0. The molecule has 1 rings (SSSR count). The fourth-order valence-corrected chi connectivity index (χ4v) is 0.828. The fourth-order valence-electron chi connectivity index (χ4n) is 0.828. The summed E-state index contributed by atoms with van der Waals surface area (Å²) in [6, 6.07) is 3.41. The largest absolute Gasteiger partial charge is 0.508 e. The first kappa shape index (κ1) is 26.0. The predicted octanol–water partition coefficient (Wildman–Crippen LogP) is 4.71. The molecule has 0 bridgehead atoms. The van der Waals surface area contributed by atoms with E-state index in [9.17, 15) is 4.79 Å². The Morgan fingerprint density at radius 2 is 1.55 bits per heavy atom. The minimum absolute atomic E-state index is 0. The molecule has 1 aromatic rings. The second kappa shape index (κ2) is 18.7. The van der Waals surface area contributed by atoms with Crippen LogP contribution in [0, 0.1) is 0 Å². The Labute approximate surface area is 105 Å². The minimum Gasteiger partial charge on any atom is -0.508 e. The number of phenols is 1. The first-order valence-electron chi connectivity index (χ1n) is 3.69. The standard InChI is InChI=1S/C7H5N3O3.3F2.FH/c8-10-9-5-1-4(7(12)13)2-6(11)3-5;3*1-2;/h1-3,11H,(H,12,13);;;;1H. The van der Waals surface area contributed by atoms with Gasteiger partial charge in [-0.25, -0.2) is 4.79 Å². The molecule has 0 saturated heterocycles. The van der Waals surface area contributed by atoms with Gasteiger partial charge < -0.3 is 10.2 Å². The van der Waals surface area contributed by atoms with Crippen molar-refractivity contribution in [3.63, 3.8) is 0 Å². The van der Waals surface area contributed by atoms with Gasteiger partial charge in [-0.1, -0.05) is 5.11 Å². The predicted molar refractivity (Wildman–Crippen MR) is 53.0 cm³/mol. The van der Waals surface area contributed by atoms with E-state index in [1.807, 2.05) is 0 Å². The van der Waals surface area contributed by atoms with E-state index in [0.29, 0.717) is 0 Å². The number of hydrogen-bond donors (Lipinski definition) is 2. The Morgan fingerprint density at radius 3 is 1.90 bits per heavy atom. The maximum Gasteiger partial charge on any atom is 0.335 e. The molecule has 0 heterocycles. The van der Waals surface area contributed by atoms with Gasteiger partial charge in [0.2, 0.25) is 0 Å². The van der Waals surface area contributed by atoms with E-state index in [4.69, 9.17) is 43.2 Å². The molecule has 13 heteroatoms. The van der Waals surface area contributed by atoms with Crippen LogP contribution >= 0.6 is 0 Å². The van der Waals surface area contributed by atoms with Gasteiger partial charge in [-0.3, -0.25) is 4.70 Å². The fraction of sp³-hybridized carbons (Fsp3) is 0. The van der Waals surface area contributed by atoms with Crippen LogP contribution in [0.4, 0.5) is 37.8 Å². The molecule has 0 fully saturated rings. The first-order chi connectivity index (χ1) is 9.13. The van der Waals surface area contributed by atoms with Crippen molar-refractivity contribution in [2.45, 2.75) is 0 Å². The number of nitrogens with zero attached hydrogens (tertiary/aromatic N) is 3. The van der Waals surface area contributed by atoms with E-state index < -0.39 is 5.97 Å². The lowest BCUT2D eigenvalue weighted by Gasteiger charge is -1.97. The van der Waals surface area contributed by atoms with Gasteiger partial charge in [-0.15, -0.1) is 0 Å². The zero-order valence-electron chi connectivity index (χ0n) is 9.05. The molecule has 20 heavy (non-hydrogen) atoms. The second-order valence-corrected chi connectivity index (χ2v) is 2.23. The van der Waals surface area contributed by atoms with Gasteiger partial charge in [-0.2, -0.15) is 0 Å². The molecule has 0 radical (unpaired) electrons. The molecular weight excluding hydrogens is 307 g/mol. The Bertz CT molecular complexity index is 394. The number of benzene rings is 1. The molecule has 0 unspecified atom stereocenters. The number of aromatic carboxylic acids is 1. The van der Waals surface area contributed by atoms with Crippen molar-refractivity contribution in [1.29, 1.82) is 0 Å². The monoisotopic (exact) mass is 313 g/mol. The smallest absolute Gasteiger partial charge is 0.335 e. The molecule has 1 aromatic carbocycles. The highest BCUT2D eigenvalue weighted by molar-refractivity contribution is 5.89. The Morgan fingerprint density at radius 1 is 1.10 bits per heavy atom. The number of carboxylic acids is 1. The number of carbonyl (C=O) groups is 1. The normalized spacial score (nSPS) is 6.70. The van der Waals surface area contributed by atoms with Crippen LogP contribution in [0.25, 0.3) is 10.4 Å². The highest BCUT2D eigenvalue weighted by Crippen LogP contribution is 2.22. The number of rotatable bonds is 2. The summed E-state index contributed by atoms with van der Waals surface area (Å²) in [6.45, 7) is 0. The van der Waals surface area contributed by atoms with Crippen LogP contribution in [0.2, 0.25) is 0 Å². The van der Waals surface area contributed by atoms with Crippen LogP contribution in [0.3, 0.4) is 0 Å². The van der Waals surface area contributed by atoms with Crippen molar-refractivity contribution < 1.29 is 47.2 Å². The van der Waals surface area contributed by atoms with Crippen molar-refractivity contribution in [2.75, 3.05) is 0 Å². The Kier molecular flexibility index (Phi) is 24.3. The topological polar surface area (TPSA) is 106 Å². The van der Waals surface area contributed by atoms with Crippen molar-refractivity contribution in [3.8, 4) is 5.75 Å². The molecule has 116 valence electrons. The minimum atomic E-state index is -1.19. The third kappa shape index (κ3) is 11.8. The van der Waals surface area contributed by atoms with Gasteiger partial charge in [0.25, 0.3) is 0 Å².